The minimum Gasteiger partial charge on any atom is -0.378 e. The summed E-state index contributed by atoms with van der Waals surface area (Å²) in [5.74, 6) is 5.63. The molecular formula is C9H15NO. The highest BCUT2D eigenvalue weighted by Gasteiger charge is 2.28. The van der Waals surface area contributed by atoms with Gasteiger partial charge in [-0.05, 0) is 14.0 Å². The summed E-state index contributed by atoms with van der Waals surface area (Å²) in [5, 5.41) is 9.79. The number of piperidine rings is 1. The number of hydrogen-bond donors (Lipinski definition) is 1. The molecule has 1 aliphatic rings. The van der Waals surface area contributed by atoms with Crippen LogP contribution in [0.1, 0.15) is 19.8 Å². The van der Waals surface area contributed by atoms with Crippen molar-refractivity contribution in [3.8, 4) is 11.8 Å². The lowest BCUT2D eigenvalue weighted by atomic mass is 9.92. The largest absolute Gasteiger partial charge is 0.378 e. The van der Waals surface area contributed by atoms with Gasteiger partial charge in [0.05, 0.1) is 0 Å². The molecule has 62 valence electrons. The van der Waals surface area contributed by atoms with Gasteiger partial charge in [0.2, 0.25) is 0 Å². The van der Waals surface area contributed by atoms with E-state index in [0.717, 1.165) is 25.9 Å². The van der Waals surface area contributed by atoms with Crippen LogP contribution in [-0.2, 0) is 0 Å². The zero-order chi connectivity index (χ0) is 8.32. The first kappa shape index (κ1) is 8.58. The van der Waals surface area contributed by atoms with Crippen molar-refractivity contribution in [3.05, 3.63) is 0 Å². The summed E-state index contributed by atoms with van der Waals surface area (Å²) in [6, 6.07) is 0. The summed E-state index contributed by atoms with van der Waals surface area (Å²) in [6.45, 7) is 3.67. The van der Waals surface area contributed by atoms with Crippen molar-refractivity contribution < 1.29 is 5.11 Å². The summed E-state index contributed by atoms with van der Waals surface area (Å²) in [6.07, 6.45) is 1.56. The zero-order valence-electron chi connectivity index (χ0n) is 7.22. The van der Waals surface area contributed by atoms with Crippen molar-refractivity contribution in [1.82, 2.24) is 4.90 Å². The third-order valence-corrected chi connectivity index (χ3v) is 2.17. The summed E-state index contributed by atoms with van der Waals surface area (Å²) >= 11 is 0. The molecule has 1 rings (SSSR count). The summed E-state index contributed by atoms with van der Waals surface area (Å²) in [7, 11) is 2.07. The van der Waals surface area contributed by atoms with E-state index in [0.29, 0.717) is 0 Å². The molecule has 2 heteroatoms. The fourth-order valence-electron chi connectivity index (χ4n) is 1.35. The highest BCUT2D eigenvalue weighted by atomic mass is 16.3. The van der Waals surface area contributed by atoms with Crippen LogP contribution in [0.4, 0.5) is 0 Å². The normalized spacial score (nSPS) is 23.9. The number of hydrogen-bond acceptors (Lipinski definition) is 2. The molecule has 1 N–H and O–H groups in total. The quantitative estimate of drug-likeness (QED) is 0.511. The van der Waals surface area contributed by atoms with Crippen LogP contribution in [0.25, 0.3) is 0 Å². The van der Waals surface area contributed by atoms with Crippen LogP contribution in [0.15, 0.2) is 0 Å². The smallest absolute Gasteiger partial charge is 0.127 e. The maximum absolute atomic E-state index is 9.79. The molecule has 0 radical (unpaired) electrons. The van der Waals surface area contributed by atoms with E-state index in [2.05, 4.69) is 23.8 Å². The highest BCUT2D eigenvalue weighted by Crippen LogP contribution is 2.19. The lowest BCUT2D eigenvalue weighted by Gasteiger charge is -2.32. The third kappa shape index (κ3) is 2.21. The minimum atomic E-state index is -0.693. The predicted octanol–water partition coefficient (Wildman–Crippen LogP) is 0.466. The molecule has 1 heterocycles. The summed E-state index contributed by atoms with van der Waals surface area (Å²) in [5.41, 5.74) is -0.693. The summed E-state index contributed by atoms with van der Waals surface area (Å²) in [4.78, 5) is 2.21. The Balaban J connectivity index is 2.52. The fraction of sp³-hybridized carbons (Fsp3) is 0.778. The molecule has 0 aromatic heterocycles. The molecule has 1 aliphatic heterocycles. The summed E-state index contributed by atoms with van der Waals surface area (Å²) < 4.78 is 0. The molecular weight excluding hydrogens is 138 g/mol. The maximum Gasteiger partial charge on any atom is 0.127 e. The molecule has 0 aromatic rings. The Morgan fingerprint density at radius 2 is 1.91 bits per heavy atom. The van der Waals surface area contributed by atoms with Gasteiger partial charge < -0.3 is 10.0 Å². The minimum absolute atomic E-state index is 0.693. The first-order valence-electron chi connectivity index (χ1n) is 4.01. The van der Waals surface area contributed by atoms with Gasteiger partial charge in [-0.3, -0.25) is 0 Å². The Labute approximate surface area is 68.2 Å². The van der Waals surface area contributed by atoms with Crippen LogP contribution in [0, 0.1) is 11.8 Å². The van der Waals surface area contributed by atoms with Gasteiger partial charge in [-0.15, -0.1) is 5.92 Å². The van der Waals surface area contributed by atoms with Gasteiger partial charge in [0.15, 0.2) is 0 Å². The average Bonchev–Trinajstić information content (AvgIpc) is 1.97. The molecule has 0 aromatic carbocycles. The predicted molar refractivity (Wildman–Crippen MR) is 45.1 cm³/mol. The Bertz CT molecular complexity index is 181. The Morgan fingerprint density at radius 1 is 1.36 bits per heavy atom. The van der Waals surface area contributed by atoms with Gasteiger partial charge in [-0.1, -0.05) is 5.92 Å². The molecule has 0 amide bonds. The molecule has 0 spiro atoms. The van der Waals surface area contributed by atoms with Crippen molar-refractivity contribution in [3.63, 3.8) is 0 Å². The van der Waals surface area contributed by atoms with Crippen molar-refractivity contribution in [2.45, 2.75) is 25.4 Å². The molecule has 0 aliphatic carbocycles. The van der Waals surface area contributed by atoms with Crippen LogP contribution in [0.2, 0.25) is 0 Å². The van der Waals surface area contributed by atoms with Crippen molar-refractivity contribution >= 4 is 0 Å². The topological polar surface area (TPSA) is 23.5 Å². The second-order valence-corrected chi connectivity index (χ2v) is 3.21. The van der Waals surface area contributed by atoms with E-state index in [-0.39, 0.29) is 0 Å². The van der Waals surface area contributed by atoms with Crippen LogP contribution in [0.5, 0.6) is 0 Å². The van der Waals surface area contributed by atoms with Gasteiger partial charge >= 0.3 is 0 Å². The Kier molecular flexibility index (Phi) is 2.53. The van der Waals surface area contributed by atoms with Gasteiger partial charge in [-0.25, -0.2) is 0 Å². The average molecular weight is 153 g/mol. The first-order valence-corrected chi connectivity index (χ1v) is 4.01. The molecule has 0 atom stereocenters. The Hall–Kier alpha value is -0.520. The van der Waals surface area contributed by atoms with Crippen molar-refractivity contribution in [1.29, 1.82) is 0 Å². The number of likely N-dealkylation sites (tertiary alicyclic amines) is 1. The highest BCUT2D eigenvalue weighted by molar-refractivity contribution is 5.13. The van der Waals surface area contributed by atoms with E-state index in [1.165, 1.54) is 0 Å². The SMILES string of the molecule is CC#CC1(O)CCN(C)CC1. The van der Waals surface area contributed by atoms with Gasteiger partial charge in [0.25, 0.3) is 0 Å². The van der Waals surface area contributed by atoms with E-state index in [9.17, 15) is 5.11 Å². The monoisotopic (exact) mass is 153 g/mol. The molecule has 1 fully saturated rings. The van der Waals surface area contributed by atoms with E-state index in [1.54, 1.807) is 6.92 Å². The van der Waals surface area contributed by atoms with Crippen LogP contribution >= 0.6 is 0 Å². The zero-order valence-corrected chi connectivity index (χ0v) is 7.22. The molecule has 0 saturated carbocycles. The standard InChI is InChI=1S/C9H15NO/c1-3-4-9(11)5-7-10(2)8-6-9/h11H,5-8H2,1-2H3. The molecule has 0 unspecified atom stereocenters. The van der Waals surface area contributed by atoms with Gasteiger partial charge in [-0.2, -0.15) is 0 Å². The van der Waals surface area contributed by atoms with Crippen LogP contribution in [-0.4, -0.2) is 35.7 Å². The number of rotatable bonds is 0. The number of aliphatic hydroxyl groups is 1. The molecule has 1 saturated heterocycles. The Morgan fingerprint density at radius 3 is 2.36 bits per heavy atom. The van der Waals surface area contributed by atoms with E-state index >= 15 is 0 Å². The molecule has 11 heavy (non-hydrogen) atoms. The number of nitrogens with zero attached hydrogens (tertiary/aromatic N) is 1. The third-order valence-electron chi connectivity index (χ3n) is 2.17. The van der Waals surface area contributed by atoms with Crippen molar-refractivity contribution in [2.24, 2.45) is 0 Å². The van der Waals surface area contributed by atoms with Crippen LogP contribution in [0.3, 0.4) is 0 Å². The van der Waals surface area contributed by atoms with Crippen LogP contribution < -0.4 is 0 Å². The second kappa shape index (κ2) is 3.25. The van der Waals surface area contributed by atoms with Crippen molar-refractivity contribution in [2.75, 3.05) is 20.1 Å². The second-order valence-electron chi connectivity index (χ2n) is 3.21. The maximum atomic E-state index is 9.79. The van der Waals surface area contributed by atoms with Gasteiger partial charge in [0, 0.05) is 25.9 Å². The fourth-order valence-corrected chi connectivity index (χ4v) is 1.35. The molecule has 2 nitrogen and oxygen atoms in total. The first-order chi connectivity index (χ1) is 5.16. The van der Waals surface area contributed by atoms with E-state index in [4.69, 9.17) is 0 Å². The van der Waals surface area contributed by atoms with Gasteiger partial charge in [0.1, 0.15) is 5.60 Å². The van der Waals surface area contributed by atoms with E-state index in [1.807, 2.05) is 0 Å². The lowest BCUT2D eigenvalue weighted by molar-refractivity contribution is 0.0350. The lowest BCUT2D eigenvalue weighted by Crippen LogP contribution is -2.41. The van der Waals surface area contributed by atoms with E-state index < -0.39 is 5.60 Å². The molecule has 0 bridgehead atoms.